The maximum Gasteiger partial charge on any atom is 0.119 e. The van der Waals surface area contributed by atoms with E-state index in [1.807, 2.05) is 19.1 Å². The summed E-state index contributed by atoms with van der Waals surface area (Å²) in [6.07, 6.45) is 2.08. The first-order chi connectivity index (χ1) is 9.09. The Morgan fingerprint density at radius 1 is 1.37 bits per heavy atom. The molecule has 3 heteroatoms. The van der Waals surface area contributed by atoms with Gasteiger partial charge in [-0.25, -0.2) is 0 Å². The minimum absolute atomic E-state index is 0.0906. The number of anilines is 1. The molecule has 0 N–H and O–H groups in total. The summed E-state index contributed by atoms with van der Waals surface area (Å²) in [6.45, 7) is 8.01. The Hall–Kier alpha value is -1.69. The zero-order valence-electron chi connectivity index (χ0n) is 12.0. The molecule has 1 aliphatic heterocycles. The average molecular weight is 258 g/mol. The van der Waals surface area contributed by atoms with Crippen molar-refractivity contribution in [1.82, 2.24) is 0 Å². The van der Waals surface area contributed by atoms with Crippen molar-refractivity contribution in [3.8, 4) is 11.8 Å². The summed E-state index contributed by atoms with van der Waals surface area (Å²) in [5.74, 6) is 0.991. The maximum atomic E-state index is 9.31. The number of hydrogen-bond acceptors (Lipinski definition) is 3. The monoisotopic (exact) mass is 258 g/mol. The molecule has 0 aromatic heterocycles. The van der Waals surface area contributed by atoms with Gasteiger partial charge < -0.3 is 9.64 Å². The van der Waals surface area contributed by atoms with Gasteiger partial charge in [0.05, 0.1) is 24.1 Å². The molecule has 102 valence electrons. The molecule has 1 unspecified atom stereocenters. The van der Waals surface area contributed by atoms with Gasteiger partial charge in [-0.15, -0.1) is 0 Å². The van der Waals surface area contributed by atoms with E-state index in [0.717, 1.165) is 25.1 Å². The van der Waals surface area contributed by atoms with Crippen molar-refractivity contribution in [2.24, 2.45) is 5.92 Å². The molecule has 1 saturated heterocycles. The van der Waals surface area contributed by atoms with E-state index in [2.05, 4.69) is 36.9 Å². The van der Waals surface area contributed by atoms with Crippen LogP contribution in [0.15, 0.2) is 24.3 Å². The molecule has 1 fully saturated rings. The molecule has 1 heterocycles. The van der Waals surface area contributed by atoms with Crippen LogP contribution in [-0.4, -0.2) is 18.7 Å². The molecule has 0 radical (unpaired) electrons. The summed E-state index contributed by atoms with van der Waals surface area (Å²) in [4.78, 5) is 2.35. The van der Waals surface area contributed by atoms with Gasteiger partial charge in [0.2, 0.25) is 0 Å². The lowest BCUT2D eigenvalue weighted by molar-refractivity contribution is 0.292. The van der Waals surface area contributed by atoms with Gasteiger partial charge in [-0.05, 0) is 57.9 Å². The fourth-order valence-corrected chi connectivity index (χ4v) is 2.86. The number of rotatable bonds is 3. The molecule has 3 nitrogen and oxygen atoms in total. The van der Waals surface area contributed by atoms with E-state index < -0.39 is 0 Å². The Balaban J connectivity index is 2.22. The third-order valence-electron chi connectivity index (χ3n) is 4.04. The van der Waals surface area contributed by atoms with E-state index in [0.29, 0.717) is 6.61 Å². The second kappa shape index (κ2) is 5.52. The molecule has 1 aromatic carbocycles. The largest absolute Gasteiger partial charge is 0.494 e. The molecule has 1 aliphatic rings. The Bertz CT molecular complexity index is 459. The second-order valence-corrected chi connectivity index (χ2v) is 5.56. The third-order valence-corrected chi connectivity index (χ3v) is 4.04. The highest BCUT2D eigenvalue weighted by Crippen LogP contribution is 2.36. The molecule has 0 aliphatic carbocycles. The Morgan fingerprint density at radius 2 is 2.05 bits per heavy atom. The highest BCUT2D eigenvalue weighted by atomic mass is 16.5. The van der Waals surface area contributed by atoms with E-state index in [9.17, 15) is 5.26 Å². The number of nitriles is 1. The fourth-order valence-electron chi connectivity index (χ4n) is 2.86. The first kappa shape index (κ1) is 13.7. The minimum Gasteiger partial charge on any atom is -0.494 e. The van der Waals surface area contributed by atoms with Crippen LogP contribution in [0.3, 0.4) is 0 Å². The van der Waals surface area contributed by atoms with Crippen LogP contribution in [0.5, 0.6) is 5.75 Å². The molecule has 0 bridgehead atoms. The second-order valence-electron chi connectivity index (χ2n) is 5.56. The van der Waals surface area contributed by atoms with Gasteiger partial charge >= 0.3 is 0 Å². The predicted octanol–water partition coefficient (Wildman–Crippen LogP) is 3.60. The Kier molecular flexibility index (Phi) is 3.99. The summed E-state index contributed by atoms with van der Waals surface area (Å²) in [5, 5.41) is 9.31. The van der Waals surface area contributed by atoms with Crippen molar-refractivity contribution >= 4 is 5.69 Å². The summed E-state index contributed by atoms with van der Waals surface area (Å²) in [6, 6.07) is 10.6. The van der Waals surface area contributed by atoms with Crippen molar-refractivity contribution in [2.45, 2.75) is 39.2 Å². The summed E-state index contributed by atoms with van der Waals surface area (Å²) in [5.41, 5.74) is 1.06. The van der Waals surface area contributed by atoms with Crippen LogP contribution in [0.1, 0.15) is 33.6 Å². The fraction of sp³-hybridized carbons (Fsp3) is 0.562. The third kappa shape index (κ3) is 2.68. The van der Waals surface area contributed by atoms with Crippen molar-refractivity contribution in [1.29, 1.82) is 5.26 Å². The molecule has 1 atom stereocenters. The first-order valence-electron chi connectivity index (χ1n) is 6.99. The van der Waals surface area contributed by atoms with Crippen LogP contribution in [0.4, 0.5) is 5.69 Å². The summed E-state index contributed by atoms with van der Waals surface area (Å²) in [7, 11) is 0. The topological polar surface area (TPSA) is 36.3 Å². The van der Waals surface area contributed by atoms with Crippen LogP contribution >= 0.6 is 0 Å². The van der Waals surface area contributed by atoms with Crippen LogP contribution < -0.4 is 9.64 Å². The number of nitrogens with zero attached hydrogens (tertiary/aromatic N) is 2. The molecule has 0 spiro atoms. The highest BCUT2D eigenvalue weighted by molar-refractivity contribution is 5.52. The number of piperidine rings is 1. The summed E-state index contributed by atoms with van der Waals surface area (Å²) < 4.78 is 5.47. The lowest BCUT2D eigenvalue weighted by Crippen LogP contribution is -2.53. The first-order valence-corrected chi connectivity index (χ1v) is 6.99. The highest BCUT2D eigenvalue weighted by Gasteiger charge is 2.38. The van der Waals surface area contributed by atoms with Gasteiger partial charge in [-0.3, -0.25) is 0 Å². The molecule has 0 saturated carbocycles. The molecule has 19 heavy (non-hydrogen) atoms. The van der Waals surface area contributed by atoms with E-state index in [1.165, 1.54) is 5.69 Å². The van der Waals surface area contributed by atoms with E-state index in [-0.39, 0.29) is 11.5 Å². The lowest BCUT2D eigenvalue weighted by atomic mass is 9.79. The molecular weight excluding hydrogens is 236 g/mol. The maximum absolute atomic E-state index is 9.31. The predicted molar refractivity (Wildman–Crippen MR) is 77.4 cm³/mol. The zero-order valence-corrected chi connectivity index (χ0v) is 12.0. The van der Waals surface area contributed by atoms with Crippen molar-refractivity contribution < 1.29 is 4.74 Å². The van der Waals surface area contributed by atoms with Gasteiger partial charge in [0.1, 0.15) is 5.75 Å². The average Bonchev–Trinajstić information content (AvgIpc) is 2.40. The Labute approximate surface area is 115 Å². The van der Waals surface area contributed by atoms with E-state index >= 15 is 0 Å². The zero-order chi connectivity index (χ0) is 13.9. The van der Waals surface area contributed by atoms with Crippen molar-refractivity contribution in [3.63, 3.8) is 0 Å². The number of hydrogen-bond donors (Lipinski definition) is 0. The van der Waals surface area contributed by atoms with Crippen molar-refractivity contribution in [2.75, 3.05) is 18.1 Å². The van der Waals surface area contributed by atoms with E-state index in [4.69, 9.17) is 4.74 Å². The minimum atomic E-state index is -0.111. The number of ether oxygens (including phenoxy) is 1. The molecule has 2 rings (SSSR count). The van der Waals surface area contributed by atoms with Crippen LogP contribution in [-0.2, 0) is 0 Å². The van der Waals surface area contributed by atoms with Gasteiger partial charge in [0.25, 0.3) is 0 Å². The van der Waals surface area contributed by atoms with Crippen LogP contribution in [0, 0.1) is 17.2 Å². The van der Waals surface area contributed by atoms with Gasteiger partial charge in [0, 0.05) is 12.2 Å². The van der Waals surface area contributed by atoms with Crippen molar-refractivity contribution in [3.05, 3.63) is 24.3 Å². The van der Waals surface area contributed by atoms with Gasteiger partial charge in [-0.1, -0.05) is 0 Å². The quantitative estimate of drug-likeness (QED) is 0.831. The molecule has 0 amide bonds. The Morgan fingerprint density at radius 3 is 2.63 bits per heavy atom. The van der Waals surface area contributed by atoms with Crippen LogP contribution in [0.25, 0.3) is 0 Å². The van der Waals surface area contributed by atoms with Gasteiger partial charge in [0.15, 0.2) is 0 Å². The normalized spacial score (nSPS) is 21.8. The van der Waals surface area contributed by atoms with Gasteiger partial charge in [-0.2, -0.15) is 5.26 Å². The smallest absolute Gasteiger partial charge is 0.119 e. The summed E-state index contributed by atoms with van der Waals surface area (Å²) >= 11 is 0. The standard InChI is InChI=1S/C16H22N2O/c1-4-19-15-9-7-14(8-10-15)18-11-5-6-13(12-17)16(18,2)3/h7-10,13H,4-6,11H2,1-3H3. The van der Waals surface area contributed by atoms with Crippen LogP contribution in [0.2, 0.25) is 0 Å². The van der Waals surface area contributed by atoms with E-state index in [1.54, 1.807) is 0 Å². The SMILES string of the molecule is CCOc1ccc(N2CCCC(C#N)C2(C)C)cc1. The lowest BCUT2D eigenvalue weighted by Gasteiger charge is -2.47. The number of benzene rings is 1. The molecular formula is C16H22N2O. The molecule has 1 aromatic rings.